The maximum Gasteiger partial charge on any atom is 0.405 e. The quantitative estimate of drug-likeness (QED) is 0.797. The molecule has 118 valence electrons. The molecule has 1 aromatic heterocycles. The first-order valence-electron chi connectivity index (χ1n) is 6.51. The summed E-state index contributed by atoms with van der Waals surface area (Å²) in [6.45, 7) is 0. The molecule has 0 fully saturated rings. The van der Waals surface area contributed by atoms with E-state index in [1.54, 1.807) is 18.9 Å². The number of hydrogen-bond acceptors (Lipinski definition) is 6. The summed E-state index contributed by atoms with van der Waals surface area (Å²) < 4.78 is 5.10. The van der Waals surface area contributed by atoms with Crippen molar-refractivity contribution in [2.45, 2.75) is 18.3 Å². The third-order valence-corrected chi connectivity index (χ3v) is 3.41. The monoisotopic (exact) mass is 323 g/mol. The van der Waals surface area contributed by atoms with Gasteiger partial charge in [-0.15, -0.1) is 22.0 Å². The van der Waals surface area contributed by atoms with Crippen LogP contribution in [0.3, 0.4) is 0 Å². The third kappa shape index (κ3) is 4.35. The van der Waals surface area contributed by atoms with Crippen molar-refractivity contribution < 1.29 is 14.6 Å². The zero-order chi connectivity index (χ0) is 15.9. The van der Waals surface area contributed by atoms with Crippen molar-refractivity contribution in [3.05, 3.63) is 35.7 Å². The van der Waals surface area contributed by atoms with E-state index in [-0.39, 0.29) is 0 Å². The maximum absolute atomic E-state index is 11.0. The van der Waals surface area contributed by atoms with Crippen LogP contribution >= 0.6 is 11.8 Å². The second kappa shape index (κ2) is 7.64. The summed E-state index contributed by atoms with van der Waals surface area (Å²) in [7, 11) is 1.60. The molecule has 9 heteroatoms. The Morgan fingerprint density at radius 1 is 1.45 bits per heavy atom. The van der Waals surface area contributed by atoms with Gasteiger partial charge >= 0.3 is 6.09 Å². The number of methoxy groups -OCH3 is 1. The van der Waals surface area contributed by atoms with Crippen LogP contribution in [0, 0.1) is 0 Å². The van der Waals surface area contributed by atoms with Gasteiger partial charge < -0.3 is 15.2 Å². The van der Waals surface area contributed by atoms with Gasteiger partial charge in [-0.25, -0.2) is 4.79 Å². The molecular formula is C13H17N5O3S. The first-order chi connectivity index (χ1) is 10.6. The van der Waals surface area contributed by atoms with Crippen molar-refractivity contribution in [2.24, 2.45) is 0 Å². The maximum atomic E-state index is 11.0. The zero-order valence-electron chi connectivity index (χ0n) is 12.3. The second-order valence-electron chi connectivity index (χ2n) is 4.49. The predicted octanol–water partition coefficient (Wildman–Crippen LogP) is 1.55. The van der Waals surface area contributed by atoms with E-state index in [0.29, 0.717) is 18.1 Å². The Kier molecular flexibility index (Phi) is 5.59. The zero-order valence-corrected chi connectivity index (χ0v) is 13.1. The number of amides is 1. The number of nitrogens with one attached hydrogen (secondary N) is 1. The normalized spacial score (nSPS) is 11.9. The highest BCUT2D eigenvalue weighted by molar-refractivity contribution is 7.97. The number of aromatic nitrogens is 4. The minimum Gasteiger partial charge on any atom is -0.497 e. The van der Waals surface area contributed by atoms with Crippen molar-refractivity contribution >= 4 is 17.9 Å². The van der Waals surface area contributed by atoms with Crippen molar-refractivity contribution in [1.82, 2.24) is 25.5 Å². The fourth-order valence-corrected chi connectivity index (χ4v) is 2.26. The molecule has 0 bridgehead atoms. The molecule has 2 N–H and O–H groups in total. The number of nitrogens with zero attached hydrogens (tertiary/aromatic N) is 4. The van der Waals surface area contributed by atoms with Gasteiger partial charge in [-0.05, 0) is 29.2 Å². The lowest BCUT2D eigenvalue weighted by molar-refractivity contribution is 0.189. The molecule has 0 aliphatic rings. The molecule has 0 radical (unpaired) electrons. The van der Waals surface area contributed by atoms with Crippen LogP contribution in [0.25, 0.3) is 0 Å². The lowest BCUT2D eigenvalue weighted by Gasteiger charge is -2.13. The Morgan fingerprint density at radius 3 is 2.77 bits per heavy atom. The van der Waals surface area contributed by atoms with Crippen LogP contribution in [0.1, 0.15) is 17.4 Å². The van der Waals surface area contributed by atoms with Crippen LogP contribution in [0.4, 0.5) is 4.79 Å². The third-order valence-electron chi connectivity index (χ3n) is 2.92. The Balaban J connectivity index is 2.15. The molecule has 1 atom stereocenters. The number of benzene rings is 1. The molecule has 1 unspecified atom stereocenters. The molecule has 22 heavy (non-hydrogen) atoms. The van der Waals surface area contributed by atoms with Crippen molar-refractivity contribution in [3.63, 3.8) is 0 Å². The van der Waals surface area contributed by atoms with Crippen LogP contribution in [-0.2, 0) is 12.3 Å². The van der Waals surface area contributed by atoms with Gasteiger partial charge in [0.1, 0.15) is 17.7 Å². The van der Waals surface area contributed by atoms with Crippen LogP contribution in [0.5, 0.6) is 5.75 Å². The molecule has 0 aliphatic heterocycles. The highest BCUT2D eigenvalue weighted by Crippen LogP contribution is 2.18. The van der Waals surface area contributed by atoms with Crippen molar-refractivity contribution in [2.75, 3.05) is 13.4 Å². The molecular weight excluding hydrogens is 306 g/mol. The molecule has 2 rings (SSSR count). The summed E-state index contributed by atoms with van der Waals surface area (Å²) in [5.41, 5.74) is 0.945. The van der Waals surface area contributed by atoms with Gasteiger partial charge in [0.25, 0.3) is 0 Å². The highest BCUT2D eigenvalue weighted by atomic mass is 32.2. The summed E-state index contributed by atoms with van der Waals surface area (Å²) in [4.78, 5) is 12.4. The SMILES string of the molecule is COc1ccc(CC(NC(=O)O)c2nnn(CSC)n2)cc1. The van der Waals surface area contributed by atoms with E-state index >= 15 is 0 Å². The first kappa shape index (κ1) is 16.1. The van der Waals surface area contributed by atoms with Gasteiger partial charge in [-0.3, -0.25) is 0 Å². The first-order valence-corrected chi connectivity index (χ1v) is 7.90. The van der Waals surface area contributed by atoms with E-state index in [0.717, 1.165) is 11.3 Å². The van der Waals surface area contributed by atoms with Crippen LogP contribution < -0.4 is 10.1 Å². The lowest BCUT2D eigenvalue weighted by Crippen LogP contribution is -2.29. The van der Waals surface area contributed by atoms with Gasteiger partial charge in [0.05, 0.1) is 7.11 Å². The minimum atomic E-state index is -1.13. The smallest absolute Gasteiger partial charge is 0.405 e. The van der Waals surface area contributed by atoms with Crippen molar-refractivity contribution in [1.29, 1.82) is 0 Å². The fourth-order valence-electron chi connectivity index (χ4n) is 1.92. The second-order valence-corrected chi connectivity index (χ2v) is 5.33. The van der Waals surface area contributed by atoms with Gasteiger partial charge in [-0.1, -0.05) is 12.1 Å². The van der Waals surface area contributed by atoms with E-state index in [1.165, 1.54) is 4.80 Å². The van der Waals surface area contributed by atoms with Crippen LogP contribution in [0.15, 0.2) is 24.3 Å². The number of tetrazole rings is 1. The summed E-state index contributed by atoms with van der Waals surface area (Å²) in [5, 5.41) is 23.5. The van der Waals surface area contributed by atoms with Crippen LogP contribution in [-0.4, -0.2) is 44.8 Å². The molecule has 0 saturated heterocycles. The standard InChI is InChI=1S/C13H17N5O3S/c1-21-10-5-3-9(4-6-10)7-11(14-13(19)20)12-15-17-18(16-12)8-22-2/h3-6,11,14H,7-8H2,1-2H3,(H,19,20). The largest absolute Gasteiger partial charge is 0.497 e. The Labute approximate surface area is 131 Å². The molecule has 1 aromatic carbocycles. The number of carboxylic acid groups (broad SMARTS) is 1. The van der Waals surface area contributed by atoms with Gasteiger partial charge in [0, 0.05) is 6.42 Å². The molecule has 0 saturated carbocycles. The highest BCUT2D eigenvalue weighted by Gasteiger charge is 2.20. The summed E-state index contributed by atoms with van der Waals surface area (Å²) in [6.07, 6.45) is 1.23. The minimum absolute atomic E-state index is 0.354. The number of rotatable bonds is 7. The van der Waals surface area contributed by atoms with E-state index in [2.05, 4.69) is 20.7 Å². The van der Waals surface area contributed by atoms with Gasteiger partial charge in [0.2, 0.25) is 0 Å². The summed E-state index contributed by atoms with van der Waals surface area (Å²) in [5.74, 6) is 1.66. The number of thioether (sulfide) groups is 1. The molecule has 0 aliphatic carbocycles. The molecule has 1 amide bonds. The lowest BCUT2D eigenvalue weighted by atomic mass is 10.1. The average molecular weight is 323 g/mol. The molecule has 0 spiro atoms. The van der Waals surface area contributed by atoms with Crippen molar-refractivity contribution in [3.8, 4) is 5.75 Å². The summed E-state index contributed by atoms with van der Waals surface area (Å²) >= 11 is 1.55. The van der Waals surface area contributed by atoms with E-state index in [1.807, 2.05) is 30.5 Å². The molecule has 1 heterocycles. The van der Waals surface area contributed by atoms with E-state index in [4.69, 9.17) is 9.84 Å². The Bertz CT molecular complexity index is 616. The molecule has 2 aromatic rings. The van der Waals surface area contributed by atoms with Gasteiger partial charge in [0.15, 0.2) is 5.82 Å². The number of carbonyl (C=O) groups is 1. The number of ether oxygens (including phenoxy) is 1. The van der Waals surface area contributed by atoms with E-state index < -0.39 is 12.1 Å². The number of hydrogen-bond donors (Lipinski definition) is 2. The average Bonchev–Trinajstić information content (AvgIpc) is 2.96. The van der Waals surface area contributed by atoms with E-state index in [9.17, 15) is 4.79 Å². The molecule has 8 nitrogen and oxygen atoms in total. The topological polar surface area (TPSA) is 102 Å². The fraction of sp³-hybridized carbons (Fsp3) is 0.385. The predicted molar refractivity (Wildman–Crippen MR) is 81.9 cm³/mol. The summed E-state index contributed by atoms with van der Waals surface area (Å²) in [6, 6.07) is 6.85. The Hall–Kier alpha value is -2.29. The van der Waals surface area contributed by atoms with Crippen LogP contribution in [0.2, 0.25) is 0 Å². The Morgan fingerprint density at radius 2 is 2.18 bits per heavy atom. The van der Waals surface area contributed by atoms with Gasteiger partial charge in [-0.2, -0.15) is 4.80 Å².